The molecular formula is C23H23FN4O2. The fourth-order valence-corrected chi connectivity index (χ4v) is 4.19. The lowest BCUT2D eigenvalue weighted by atomic mass is 9.97. The van der Waals surface area contributed by atoms with Crippen molar-refractivity contribution in [2.75, 3.05) is 20.2 Å². The van der Waals surface area contributed by atoms with Crippen LogP contribution >= 0.6 is 0 Å². The van der Waals surface area contributed by atoms with Crippen molar-refractivity contribution in [1.29, 1.82) is 0 Å². The van der Waals surface area contributed by atoms with E-state index in [1.165, 1.54) is 17.7 Å². The van der Waals surface area contributed by atoms with E-state index in [0.29, 0.717) is 11.3 Å². The van der Waals surface area contributed by atoms with Crippen molar-refractivity contribution in [2.45, 2.75) is 25.3 Å². The number of hydrogen-bond donors (Lipinski definition) is 0. The van der Waals surface area contributed by atoms with E-state index in [-0.39, 0.29) is 11.7 Å². The summed E-state index contributed by atoms with van der Waals surface area (Å²) in [5.74, 6) is 1.47. The Morgan fingerprint density at radius 1 is 1.23 bits per heavy atom. The molecular weight excluding hydrogens is 383 g/mol. The molecule has 6 nitrogen and oxygen atoms in total. The molecule has 0 N–H and O–H groups in total. The van der Waals surface area contributed by atoms with Gasteiger partial charge in [-0.15, -0.1) is 0 Å². The second-order valence-electron chi connectivity index (χ2n) is 7.74. The van der Waals surface area contributed by atoms with E-state index in [1.807, 2.05) is 24.4 Å². The second-order valence-corrected chi connectivity index (χ2v) is 7.74. The van der Waals surface area contributed by atoms with Crippen LogP contribution in [0.1, 0.15) is 30.1 Å². The van der Waals surface area contributed by atoms with Crippen LogP contribution in [-0.2, 0) is 6.54 Å². The summed E-state index contributed by atoms with van der Waals surface area (Å²) in [6, 6.07) is 10.4. The van der Waals surface area contributed by atoms with Crippen LogP contribution in [0.3, 0.4) is 0 Å². The first-order valence-corrected chi connectivity index (χ1v) is 10.1. The summed E-state index contributed by atoms with van der Waals surface area (Å²) in [5, 5.41) is 4.76. The molecule has 5 rings (SSSR count). The maximum atomic E-state index is 13.8. The highest BCUT2D eigenvalue weighted by Crippen LogP contribution is 2.31. The average Bonchev–Trinajstić information content (AvgIpc) is 3.43. The van der Waals surface area contributed by atoms with Gasteiger partial charge in [-0.1, -0.05) is 0 Å². The third kappa shape index (κ3) is 3.68. The minimum Gasteiger partial charge on any atom is -0.496 e. The van der Waals surface area contributed by atoms with Crippen LogP contribution in [0.15, 0.2) is 59.5 Å². The quantitative estimate of drug-likeness (QED) is 0.488. The van der Waals surface area contributed by atoms with E-state index in [0.717, 1.165) is 49.5 Å². The van der Waals surface area contributed by atoms with Crippen molar-refractivity contribution in [1.82, 2.24) is 19.5 Å². The summed E-state index contributed by atoms with van der Waals surface area (Å²) in [4.78, 5) is 7.19. The van der Waals surface area contributed by atoms with Gasteiger partial charge in [-0.3, -0.25) is 4.90 Å². The van der Waals surface area contributed by atoms with Crippen LogP contribution < -0.4 is 4.74 Å². The number of piperidine rings is 1. The van der Waals surface area contributed by atoms with Gasteiger partial charge in [0, 0.05) is 41.9 Å². The average molecular weight is 406 g/mol. The number of ether oxygens (including phenoxy) is 1. The molecule has 4 heterocycles. The van der Waals surface area contributed by atoms with Crippen LogP contribution in [0.5, 0.6) is 5.75 Å². The topological polar surface area (TPSA) is 55.8 Å². The number of hydrogen-bond acceptors (Lipinski definition) is 5. The first-order chi connectivity index (χ1) is 14.7. The fraction of sp³-hybridized carbons (Fsp3) is 0.304. The number of furan rings is 1. The fourth-order valence-electron chi connectivity index (χ4n) is 4.19. The molecule has 4 aromatic rings. The zero-order valence-electron chi connectivity index (χ0n) is 16.8. The molecule has 0 radical (unpaired) electrons. The standard InChI is InChI=1S/C23H23FN4O2/c1-29-21-6-5-19(24)11-20(21)17-4-7-22-25-23(26-28(22)14-17)18-3-2-9-27(13-18)12-16-8-10-30-15-16/h4-8,10-11,14-15,18H,2-3,9,12-13H2,1H3/t18-/m1/s1. The largest absolute Gasteiger partial charge is 0.496 e. The molecule has 0 unspecified atom stereocenters. The van der Waals surface area contributed by atoms with Gasteiger partial charge >= 0.3 is 0 Å². The second kappa shape index (κ2) is 7.91. The number of benzene rings is 1. The van der Waals surface area contributed by atoms with Gasteiger partial charge < -0.3 is 9.15 Å². The molecule has 0 spiro atoms. The van der Waals surface area contributed by atoms with E-state index in [4.69, 9.17) is 19.2 Å². The van der Waals surface area contributed by atoms with E-state index in [2.05, 4.69) is 4.90 Å². The maximum Gasteiger partial charge on any atom is 0.156 e. The minimum absolute atomic E-state index is 0.290. The Balaban J connectivity index is 1.41. The smallest absolute Gasteiger partial charge is 0.156 e. The summed E-state index contributed by atoms with van der Waals surface area (Å²) in [6.45, 7) is 2.87. The van der Waals surface area contributed by atoms with Gasteiger partial charge in [0.25, 0.3) is 0 Å². The van der Waals surface area contributed by atoms with E-state index >= 15 is 0 Å². The van der Waals surface area contributed by atoms with Crippen LogP contribution in [0.2, 0.25) is 0 Å². The number of halogens is 1. The lowest BCUT2D eigenvalue weighted by Gasteiger charge is -2.30. The molecule has 0 aliphatic carbocycles. The Labute approximate surface area is 173 Å². The van der Waals surface area contributed by atoms with Crippen molar-refractivity contribution >= 4 is 5.65 Å². The normalized spacial score (nSPS) is 17.5. The van der Waals surface area contributed by atoms with Crippen molar-refractivity contribution in [3.05, 3.63) is 72.3 Å². The molecule has 0 saturated carbocycles. The Bertz CT molecular complexity index is 1160. The summed E-state index contributed by atoms with van der Waals surface area (Å²) in [6.07, 6.45) is 7.59. The monoisotopic (exact) mass is 406 g/mol. The first-order valence-electron chi connectivity index (χ1n) is 10.1. The maximum absolute atomic E-state index is 13.8. The number of nitrogens with zero attached hydrogens (tertiary/aromatic N) is 4. The highest BCUT2D eigenvalue weighted by molar-refractivity contribution is 5.71. The predicted molar refractivity (Wildman–Crippen MR) is 111 cm³/mol. The van der Waals surface area contributed by atoms with Gasteiger partial charge in [0.2, 0.25) is 0 Å². The Morgan fingerprint density at radius 3 is 3.00 bits per heavy atom. The lowest BCUT2D eigenvalue weighted by molar-refractivity contribution is 0.196. The van der Waals surface area contributed by atoms with Crippen LogP contribution in [-0.4, -0.2) is 39.7 Å². The Morgan fingerprint density at radius 2 is 2.17 bits per heavy atom. The Hall–Kier alpha value is -3.19. The number of likely N-dealkylation sites (tertiary alicyclic amines) is 1. The van der Waals surface area contributed by atoms with Gasteiger partial charge in [0.1, 0.15) is 11.6 Å². The van der Waals surface area contributed by atoms with Gasteiger partial charge in [-0.2, -0.15) is 5.10 Å². The van der Waals surface area contributed by atoms with Crippen LogP contribution in [0, 0.1) is 5.82 Å². The number of methoxy groups -OCH3 is 1. The van der Waals surface area contributed by atoms with Crippen molar-refractivity contribution in [3.8, 4) is 16.9 Å². The zero-order valence-corrected chi connectivity index (χ0v) is 16.8. The zero-order chi connectivity index (χ0) is 20.5. The molecule has 1 aliphatic heterocycles. The molecule has 0 amide bonds. The molecule has 1 aromatic carbocycles. The molecule has 154 valence electrons. The van der Waals surface area contributed by atoms with Crippen LogP contribution in [0.25, 0.3) is 16.8 Å². The molecule has 1 aliphatic rings. The van der Waals surface area contributed by atoms with Gasteiger partial charge in [0.05, 0.1) is 19.6 Å². The number of rotatable bonds is 5. The molecule has 1 fully saturated rings. The molecule has 1 atom stereocenters. The van der Waals surface area contributed by atoms with E-state index in [1.54, 1.807) is 30.2 Å². The molecule has 0 bridgehead atoms. The van der Waals surface area contributed by atoms with E-state index < -0.39 is 0 Å². The molecule has 30 heavy (non-hydrogen) atoms. The van der Waals surface area contributed by atoms with Gasteiger partial charge in [-0.25, -0.2) is 13.9 Å². The Kier molecular flexibility index (Phi) is 4.96. The minimum atomic E-state index is -0.301. The molecule has 3 aromatic heterocycles. The van der Waals surface area contributed by atoms with Crippen molar-refractivity contribution < 1.29 is 13.5 Å². The van der Waals surface area contributed by atoms with Crippen molar-refractivity contribution in [3.63, 3.8) is 0 Å². The number of pyridine rings is 1. The van der Waals surface area contributed by atoms with Crippen molar-refractivity contribution in [2.24, 2.45) is 0 Å². The van der Waals surface area contributed by atoms with Gasteiger partial charge in [-0.05, 0) is 55.8 Å². The van der Waals surface area contributed by atoms with Crippen LogP contribution in [0.4, 0.5) is 4.39 Å². The summed E-state index contributed by atoms with van der Waals surface area (Å²) in [7, 11) is 1.58. The number of fused-ring (bicyclic) bond motifs is 1. The SMILES string of the molecule is COc1ccc(F)cc1-c1ccc2nc([C@@H]3CCCN(Cc4ccoc4)C3)nn2c1. The molecule has 1 saturated heterocycles. The van der Waals surface area contributed by atoms with Gasteiger partial charge in [0.15, 0.2) is 11.5 Å². The first kappa shape index (κ1) is 18.8. The highest BCUT2D eigenvalue weighted by atomic mass is 19.1. The van der Waals surface area contributed by atoms with E-state index in [9.17, 15) is 4.39 Å². The molecule has 7 heteroatoms. The number of aromatic nitrogens is 3. The summed E-state index contributed by atoms with van der Waals surface area (Å²) >= 11 is 0. The third-order valence-electron chi connectivity index (χ3n) is 5.68. The summed E-state index contributed by atoms with van der Waals surface area (Å²) in [5.41, 5.74) is 3.50. The summed E-state index contributed by atoms with van der Waals surface area (Å²) < 4.78 is 26.2. The highest BCUT2D eigenvalue weighted by Gasteiger charge is 2.25. The predicted octanol–water partition coefficient (Wildman–Crippen LogP) is 4.52. The lowest BCUT2D eigenvalue weighted by Crippen LogP contribution is -2.34. The third-order valence-corrected chi connectivity index (χ3v) is 5.68.